The molecule has 1 aromatic carbocycles. The zero-order chi connectivity index (χ0) is 12.4. The Bertz CT molecular complexity index is 404. The molecule has 0 aliphatic carbocycles. The van der Waals surface area contributed by atoms with Gasteiger partial charge in [0.15, 0.2) is 0 Å². The Morgan fingerprint density at radius 3 is 2.47 bits per heavy atom. The van der Waals surface area contributed by atoms with E-state index in [1.54, 1.807) is 0 Å². The van der Waals surface area contributed by atoms with Gasteiger partial charge in [0.2, 0.25) is 0 Å². The van der Waals surface area contributed by atoms with Crippen LogP contribution in [0.4, 0.5) is 8.78 Å². The minimum Gasteiger partial charge on any atom is -0.304 e. The average Bonchev–Trinajstić information content (AvgIpc) is 2.32. The molecule has 0 N–H and O–H groups in total. The third-order valence-electron chi connectivity index (χ3n) is 3.12. The van der Waals surface area contributed by atoms with Crippen LogP contribution in [-0.2, 0) is 6.54 Å². The molecule has 0 aromatic heterocycles. The number of nitrogens with zero attached hydrogens (tertiary/aromatic N) is 2. The van der Waals surface area contributed by atoms with Crippen LogP contribution in [0.1, 0.15) is 5.56 Å². The fourth-order valence-corrected chi connectivity index (χ4v) is 2.32. The van der Waals surface area contributed by atoms with E-state index in [4.69, 9.17) is 0 Å². The molecule has 0 bridgehead atoms. The van der Waals surface area contributed by atoms with Crippen molar-refractivity contribution >= 4 is 15.9 Å². The van der Waals surface area contributed by atoms with Gasteiger partial charge in [0, 0.05) is 38.3 Å². The normalized spacial score (nSPS) is 18.6. The minimum absolute atomic E-state index is 0.156. The van der Waals surface area contributed by atoms with Crippen molar-refractivity contribution in [2.24, 2.45) is 0 Å². The molecule has 1 fully saturated rings. The van der Waals surface area contributed by atoms with Crippen molar-refractivity contribution < 1.29 is 8.78 Å². The molecule has 1 aliphatic heterocycles. The number of piperazine rings is 1. The first-order chi connectivity index (χ1) is 8.08. The lowest BCUT2D eigenvalue weighted by Gasteiger charge is -2.32. The molecular weight excluding hydrogens is 290 g/mol. The van der Waals surface area contributed by atoms with Gasteiger partial charge in [0.25, 0.3) is 0 Å². The first-order valence-electron chi connectivity index (χ1n) is 5.61. The third kappa shape index (κ3) is 3.03. The first-order valence-corrected chi connectivity index (χ1v) is 6.40. The standard InChI is InChI=1S/C12H15BrF2N2/c1-16-4-6-17(7-5-16)8-9-11(14)3-2-10(13)12(9)15/h2-3H,4-8H2,1H3. The summed E-state index contributed by atoms with van der Waals surface area (Å²) in [6.07, 6.45) is 0. The van der Waals surface area contributed by atoms with Crippen molar-refractivity contribution in [1.29, 1.82) is 0 Å². The first kappa shape index (κ1) is 12.9. The summed E-state index contributed by atoms with van der Waals surface area (Å²) in [6.45, 7) is 3.92. The lowest BCUT2D eigenvalue weighted by molar-refractivity contribution is 0.145. The van der Waals surface area contributed by atoms with E-state index in [2.05, 4.69) is 32.8 Å². The maximum absolute atomic E-state index is 13.8. The van der Waals surface area contributed by atoms with Crippen LogP contribution in [0.25, 0.3) is 0 Å². The molecule has 0 amide bonds. The summed E-state index contributed by atoms with van der Waals surface area (Å²) < 4.78 is 27.7. The molecule has 1 aliphatic rings. The monoisotopic (exact) mass is 304 g/mol. The van der Waals surface area contributed by atoms with E-state index in [0.717, 1.165) is 26.2 Å². The molecule has 2 nitrogen and oxygen atoms in total. The predicted octanol–water partition coefficient (Wildman–Crippen LogP) is 2.47. The maximum atomic E-state index is 13.8. The summed E-state index contributed by atoms with van der Waals surface area (Å²) in [4.78, 5) is 4.29. The zero-order valence-electron chi connectivity index (χ0n) is 9.72. The third-order valence-corrected chi connectivity index (χ3v) is 3.73. The van der Waals surface area contributed by atoms with Gasteiger partial charge in [-0.3, -0.25) is 4.90 Å². The van der Waals surface area contributed by atoms with Crippen molar-refractivity contribution in [2.75, 3.05) is 33.2 Å². The SMILES string of the molecule is CN1CCN(Cc2c(F)ccc(Br)c2F)CC1. The molecule has 17 heavy (non-hydrogen) atoms. The van der Waals surface area contributed by atoms with Gasteiger partial charge in [-0.2, -0.15) is 0 Å². The molecule has 1 saturated heterocycles. The second kappa shape index (κ2) is 5.42. The Labute approximate surface area is 108 Å². The van der Waals surface area contributed by atoms with Crippen molar-refractivity contribution in [3.8, 4) is 0 Å². The van der Waals surface area contributed by atoms with E-state index in [-0.39, 0.29) is 5.56 Å². The van der Waals surface area contributed by atoms with Gasteiger partial charge in [-0.1, -0.05) is 0 Å². The van der Waals surface area contributed by atoms with Crippen LogP contribution < -0.4 is 0 Å². The summed E-state index contributed by atoms with van der Waals surface area (Å²) in [7, 11) is 2.05. The molecular formula is C12H15BrF2N2. The smallest absolute Gasteiger partial charge is 0.144 e. The van der Waals surface area contributed by atoms with Crippen LogP contribution in [0.5, 0.6) is 0 Å². The quantitative estimate of drug-likeness (QED) is 0.775. The van der Waals surface area contributed by atoms with E-state index < -0.39 is 11.6 Å². The van der Waals surface area contributed by atoms with E-state index in [1.165, 1.54) is 12.1 Å². The van der Waals surface area contributed by atoms with E-state index >= 15 is 0 Å². The van der Waals surface area contributed by atoms with Crippen LogP contribution >= 0.6 is 15.9 Å². The minimum atomic E-state index is -0.482. The molecule has 1 heterocycles. The summed E-state index contributed by atoms with van der Waals surface area (Å²) in [5.41, 5.74) is 0.156. The summed E-state index contributed by atoms with van der Waals surface area (Å²) in [5.74, 6) is -0.950. The lowest BCUT2D eigenvalue weighted by atomic mass is 10.1. The molecule has 0 unspecified atom stereocenters. The number of benzene rings is 1. The number of rotatable bonds is 2. The van der Waals surface area contributed by atoms with Gasteiger partial charge < -0.3 is 4.90 Å². The van der Waals surface area contributed by atoms with Crippen LogP contribution in [-0.4, -0.2) is 43.0 Å². The fraction of sp³-hybridized carbons (Fsp3) is 0.500. The Morgan fingerprint density at radius 1 is 1.18 bits per heavy atom. The highest BCUT2D eigenvalue weighted by atomic mass is 79.9. The topological polar surface area (TPSA) is 6.48 Å². The highest BCUT2D eigenvalue weighted by Gasteiger charge is 2.19. The van der Waals surface area contributed by atoms with Gasteiger partial charge in [-0.05, 0) is 35.1 Å². The van der Waals surface area contributed by atoms with Crippen LogP contribution in [0, 0.1) is 11.6 Å². The Balaban J connectivity index is 2.11. The fourth-order valence-electron chi connectivity index (χ4n) is 1.94. The summed E-state index contributed by atoms with van der Waals surface area (Å²) >= 11 is 3.09. The van der Waals surface area contributed by atoms with Crippen molar-refractivity contribution in [1.82, 2.24) is 9.80 Å². The second-order valence-corrected chi connectivity index (χ2v) is 5.26. The second-order valence-electron chi connectivity index (χ2n) is 4.40. The summed E-state index contributed by atoms with van der Waals surface area (Å²) in [6, 6.07) is 2.71. The Kier molecular flexibility index (Phi) is 4.12. The van der Waals surface area contributed by atoms with Crippen molar-refractivity contribution in [3.63, 3.8) is 0 Å². The molecule has 0 atom stereocenters. The number of likely N-dealkylation sites (N-methyl/N-ethyl adjacent to an activating group) is 1. The van der Waals surface area contributed by atoms with Gasteiger partial charge in [-0.25, -0.2) is 8.78 Å². The van der Waals surface area contributed by atoms with E-state index in [1.807, 2.05) is 0 Å². The maximum Gasteiger partial charge on any atom is 0.144 e. The highest BCUT2D eigenvalue weighted by Crippen LogP contribution is 2.23. The molecule has 2 rings (SSSR count). The molecule has 0 spiro atoms. The van der Waals surface area contributed by atoms with Crippen molar-refractivity contribution in [2.45, 2.75) is 6.54 Å². The largest absolute Gasteiger partial charge is 0.304 e. The highest BCUT2D eigenvalue weighted by molar-refractivity contribution is 9.10. The molecule has 1 aromatic rings. The Hall–Kier alpha value is -0.520. The molecule has 0 saturated carbocycles. The predicted molar refractivity (Wildman–Crippen MR) is 66.8 cm³/mol. The molecule has 5 heteroatoms. The number of hydrogen-bond donors (Lipinski definition) is 0. The van der Waals surface area contributed by atoms with Crippen LogP contribution in [0.15, 0.2) is 16.6 Å². The molecule has 0 radical (unpaired) electrons. The zero-order valence-corrected chi connectivity index (χ0v) is 11.3. The van der Waals surface area contributed by atoms with Gasteiger partial charge >= 0.3 is 0 Å². The number of halogens is 3. The van der Waals surface area contributed by atoms with E-state index in [0.29, 0.717) is 11.0 Å². The van der Waals surface area contributed by atoms with Crippen molar-refractivity contribution in [3.05, 3.63) is 33.8 Å². The Morgan fingerprint density at radius 2 is 1.82 bits per heavy atom. The van der Waals surface area contributed by atoms with Crippen LogP contribution in [0.2, 0.25) is 0 Å². The summed E-state index contributed by atoms with van der Waals surface area (Å²) in [5, 5.41) is 0. The van der Waals surface area contributed by atoms with Crippen LogP contribution in [0.3, 0.4) is 0 Å². The van der Waals surface area contributed by atoms with E-state index in [9.17, 15) is 8.78 Å². The molecule has 94 valence electrons. The van der Waals surface area contributed by atoms with Gasteiger partial charge in [0.05, 0.1) is 4.47 Å². The van der Waals surface area contributed by atoms with Gasteiger partial charge in [0.1, 0.15) is 11.6 Å². The lowest BCUT2D eigenvalue weighted by Crippen LogP contribution is -2.44. The number of hydrogen-bond acceptors (Lipinski definition) is 2. The average molecular weight is 305 g/mol. The van der Waals surface area contributed by atoms with Gasteiger partial charge in [-0.15, -0.1) is 0 Å².